The smallest absolute Gasteiger partial charge is 0.329 e. The number of aliphatic hydroxyl groups excluding tert-OH is 1. The molecule has 8 nitrogen and oxygen atoms in total. The number of aromatic nitrogens is 2. The number of aliphatic hydroxyl groups is 1. The van der Waals surface area contributed by atoms with E-state index in [1.54, 1.807) is 0 Å². The molecule has 0 bridgehead atoms. The van der Waals surface area contributed by atoms with Crippen LogP contribution in [0.2, 0.25) is 0 Å². The van der Waals surface area contributed by atoms with Gasteiger partial charge in [0.25, 0.3) is 0 Å². The summed E-state index contributed by atoms with van der Waals surface area (Å²) < 4.78 is 0. The van der Waals surface area contributed by atoms with Gasteiger partial charge in [-0.15, -0.1) is 0 Å². The van der Waals surface area contributed by atoms with Gasteiger partial charge in [-0.2, -0.15) is 4.98 Å². The summed E-state index contributed by atoms with van der Waals surface area (Å²) in [5.41, 5.74) is 4.98. The van der Waals surface area contributed by atoms with Gasteiger partial charge in [0.15, 0.2) is 0 Å². The minimum Gasteiger partial charge on any atom is -0.395 e. The van der Waals surface area contributed by atoms with Gasteiger partial charge in [-0.25, -0.2) is 4.98 Å². The Balaban J connectivity index is 2.97. The molecule has 0 aliphatic rings. The molecular formula is C6H9N5O3. The number of nitrogen functional groups attached to an aromatic ring is 1. The summed E-state index contributed by atoms with van der Waals surface area (Å²) in [5.74, 6) is -0.0485. The van der Waals surface area contributed by atoms with E-state index in [-0.39, 0.29) is 30.6 Å². The van der Waals surface area contributed by atoms with Gasteiger partial charge >= 0.3 is 5.69 Å². The third kappa shape index (κ3) is 2.26. The normalized spacial score (nSPS) is 9.79. The number of hydrogen-bond acceptors (Lipinski definition) is 7. The summed E-state index contributed by atoms with van der Waals surface area (Å²) in [7, 11) is 0. The van der Waals surface area contributed by atoms with E-state index in [9.17, 15) is 10.1 Å². The van der Waals surface area contributed by atoms with Crippen LogP contribution in [-0.2, 0) is 0 Å². The van der Waals surface area contributed by atoms with Crippen molar-refractivity contribution >= 4 is 17.5 Å². The van der Waals surface area contributed by atoms with Crippen molar-refractivity contribution in [3.8, 4) is 0 Å². The molecule has 0 fully saturated rings. The van der Waals surface area contributed by atoms with Crippen LogP contribution in [0, 0.1) is 10.1 Å². The summed E-state index contributed by atoms with van der Waals surface area (Å²) >= 11 is 0. The molecule has 1 aromatic heterocycles. The van der Waals surface area contributed by atoms with E-state index in [0.717, 1.165) is 6.20 Å². The third-order valence-electron chi connectivity index (χ3n) is 1.39. The fourth-order valence-corrected chi connectivity index (χ4v) is 0.827. The number of hydrogen-bond donors (Lipinski definition) is 3. The second kappa shape index (κ2) is 4.33. The van der Waals surface area contributed by atoms with Crippen LogP contribution in [0.5, 0.6) is 0 Å². The third-order valence-corrected chi connectivity index (χ3v) is 1.39. The molecule has 8 heteroatoms. The predicted octanol–water partition coefficient (Wildman–Crippen LogP) is -0.629. The highest BCUT2D eigenvalue weighted by Gasteiger charge is 2.15. The van der Waals surface area contributed by atoms with Gasteiger partial charge < -0.3 is 16.2 Å². The van der Waals surface area contributed by atoms with Crippen LogP contribution in [0.1, 0.15) is 0 Å². The molecule has 0 saturated heterocycles. The first-order valence-corrected chi connectivity index (χ1v) is 3.76. The summed E-state index contributed by atoms with van der Waals surface area (Å²) in [6.45, 7) is 0.0123. The van der Waals surface area contributed by atoms with Crippen molar-refractivity contribution < 1.29 is 10.0 Å². The molecule has 4 N–H and O–H groups in total. The summed E-state index contributed by atoms with van der Waals surface area (Å²) in [6.07, 6.45) is 1.02. The molecule has 1 heterocycles. The van der Waals surface area contributed by atoms with Crippen LogP contribution in [0.25, 0.3) is 0 Å². The van der Waals surface area contributed by atoms with Crippen LogP contribution < -0.4 is 11.1 Å². The molecule has 76 valence electrons. The molecule has 0 radical (unpaired) electrons. The first kappa shape index (κ1) is 10.1. The summed E-state index contributed by atoms with van der Waals surface area (Å²) in [5, 5.41) is 21.6. The van der Waals surface area contributed by atoms with Crippen molar-refractivity contribution in [2.45, 2.75) is 0 Å². The molecule has 0 saturated carbocycles. The van der Waals surface area contributed by atoms with Gasteiger partial charge in [0.05, 0.1) is 11.5 Å². The molecule has 0 unspecified atom stereocenters. The Hall–Kier alpha value is -1.96. The molecule has 1 rings (SSSR count). The molecule has 0 aromatic carbocycles. The maximum Gasteiger partial charge on any atom is 0.329 e. The monoisotopic (exact) mass is 199 g/mol. The van der Waals surface area contributed by atoms with E-state index < -0.39 is 4.92 Å². The maximum atomic E-state index is 10.5. The lowest BCUT2D eigenvalue weighted by molar-refractivity contribution is -0.384. The fraction of sp³-hybridized carbons (Fsp3) is 0.333. The number of anilines is 2. The number of nitro groups is 1. The number of nitrogens with zero attached hydrogens (tertiary/aromatic N) is 3. The Morgan fingerprint density at radius 2 is 2.43 bits per heavy atom. The zero-order valence-electron chi connectivity index (χ0n) is 7.17. The Labute approximate surface area is 78.9 Å². The highest BCUT2D eigenvalue weighted by Crippen LogP contribution is 2.20. The van der Waals surface area contributed by atoms with Crippen molar-refractivity contribution in [3.63, 3.8) is 0 Å². The summed E-state index contributed by atoms with van der Waals surface area (Å²) in [6, 6.07) is 0. The van der Waals surface area contributed by atoms with E-state index in [1.807, 2.05) is 0 Å². The van der Waals surface area contributed by atoms with Crippen LogP contribution in [-0.4, -0.2) is 33.1 Å². The van der Waals surface area contributed by atoms with Gasteiger partial charge in [0.1, 0.15) is 6.20 Å². The lowest BCUT2D eigenvalue weighted by Crippen LogP contribution is -2.10. The van der Waals surface area contributed by atoms with Crippen molar-refractivity contribution in [1.82, 2.24) is 9.97 Å². The fourth-order valence-electron chi connectivity index (χ4n) is 0.827. The Kier molecular flexibility index (Phi) is 3.13. The van der Waals surface area contributed by atoms with E-state index in [4.69, 9.17) is 10.8 Å². The van der Waals surface area contributed by atoms with Gasteiger partial charge in [-0.3, -0.25) is 10.1 Å². The van der Waals surface area contributed by atoms with Crippen molar-refractivity contribution in [1.29, 1.82) is 0 Å². The molecule has 0 spiro atoms. The topological polar surface area (TPSA) is 127 Å². The highest BCUT2D eigenvalue weighted by atomic mass is 16.6. The average molecular weight is 199 g/mol. The minimum absolute atomic E-state index is 0.0107. The predicted molar refractivity (Wildman–Crippen MR) is 48.7 cm³/mol. The van der Waals surface area contributed by atoms with Crippen LogP contribution >= 0.6 is 0 Å². The van der Waals surface area contributed by atoms with Crippen LogP contribution in [0.15, 0.2) is 6.20 Å². The SMILES string of the molecule is Nc1ncc([N+](=O)[O-])c(NCCO)n1. The van der Waals surface area contributed by atoms with Crippen molar-refractivity contribution in [2.75, 3.05) is 24.2 Å². The molecule has 0 aliphatic carbocycles. The van der Waals surface area contributed by atoms with Gasteiger partial charge in [0, 0.05) is 6.54 Å². The zero-order valence-corrected chi connectivity index (χ0v) is 7.17. The first-order valence-electron chi connectivity index (χ1n) is 3.76. The maximum absolute atomic E-state index is 10.5. The molecule has 14 heavy (non-hydrogen) atoms. The highest BCUT2D eigenvalue weighted by molar-refractivity contribution is 5.56. The standard InChI is InChI=1S/C6H9N5O3/c7-6-9-3-4(11(13)14)5(10-6)8-1-2-12/h3,12H,1-2H2,(H3,7,8,9,10). The average Bonchev–Trinajstić information content (AvgIpc) is 2.14. The van der Waals surface area contributed by atoms with Crippen molar-refractivity contribution in [2.24, 2.45) is 0 Å². The Bertz CT molecular complexity index is 342. The molecule has 0 atom stereocenters. The molecule has 1 aromatic rings. The second-order valence-corrected chi connectivity index (χ2v) is 2.37. The van der Waals surface area contributed by atoms with Gasteiger partial charge in [-0.1, -0.05) is 0 Å². The van der Waals surface area contributed by atoms with E-state index in [1.165, 1.54) is 0 Å². The molecular weight excluding hydrogens is 190 g/mol. The number of rotatable bonds is 4. The van der Waals surface area contributed by atoms with Crippen LogP contribution in [0.4, 0.5) is 17.5 Å². The Morgan fingerprint density at radius 3 is 3.00 bits per heavy atom. The lowest BCUT2D eigenvalue weighted by atomic mass is 10.4. The minimum atomic E-state index is -0.626. The largest absolute Gasteiger partial charge is 0.395 e. The summed E-state index contributed by atoms with van der Waals surface area (Å²) in [4.78, 5) is 17.0. The van der Waals surface area contributed by atoms with E-state index >= 15 is 0 Å². The number of nitrogens with one attached hydrogen (secondary N) is 1. The van der Waals surface area contributed by atoms with Crippen molar-refractivity contribution in [3.05, 3.63) is 16.3 Å². The van der Waals surface area contributed by atoms with Gasteiger partial charge in [-0.05, 0) is 0 Å². The Morgan fingerprint density at radius 1 is 1.71 bits per heavy atom. The number of nitrogens with two attached hydrogens (primary N) is 1. The molecule has 0 amide bonds. The quantitative estimate of drug-likeness (QED) is 0.435. The lowest BCUT2D eigenvalue weighted by Gasteiger charge is -2.03. The van der Waals surface area contributed by atoms with E-state index in [2.05, 4.69) is 15.3 Å². The second-order valence-electron chi connectivity index (χ2n) is 2.37. The molecule has 0 aliphatic heterocycles. The van der Waals surface area contributed by atoms with Gasteiger partial charge in [0.2, 0.25) is 11.8 Å². The van der Waals surface area contributed by atoms with E-state index in [0.29, 0.717) is 0 Å². The zero-order chi connectivity index (χ0) is 10.6. The first-order chi connectivity index (χ1) is 6.65. The van der Waals surface area contributed by atoms with Crippen LogP contribution in [0.3, 0.4) is 0 Å².